The predicted octanol–water partition coefficient (Wildman–Crippen LogP) is 2.85. The van der Waals surface area contributed by atoms with Gasteiger partial charge in [0.15, 0.2) is 5.01 Å². The van der Waals surface area contributed by atoms with Crippen molar-refractivity contribution in [2.75, 3.05) is 0 Å². The Balaban J connectivity index is 1.70. The molecule has 0 aromatic carbocycles. The number of hydrogen-bond acceptors (Lipinski definition) is 6. The molecular weight excluding hydrogens is 319 g/mol. The van der Waals surface area contributed by atoms with Gasteiger partial charge in [-0.15, -0.1) is 11.3 Å². The van der Waals surface area contributed by atoms with Gasteiger partial charge >= 0.3 is 6.18 Å². The molecule has 0 atom stereocenters. The molecule has 0 fully saturated rings. The van der Waals surface area contributed by atoms with Crippen LogP contribution in [0.15, 0.2) is 23.0 Å². The molecule has 3 aromatic heterocycles. The lowest BCUT2D eigenvalue weighted by molar-refractivity contribution is -0.142. The van der Waals surface area contributed by atoms with Crippen molar-refractivity contribution in [3.63, 3.8) is 0 Å². The first-order valence-electron chi connectivity index (χ1n) is 6.23. The molecule has 3 rings (SSSR count). The third-order valence-corrected chi connectivity index (χ3v) is 3.56. The van der Waals surface area contributed by atoms with Gasteiger partial charge in [0, 0.05) is 17.3 Å². The topological polar surface area (TPSA) is 69.6 Å². The summed E-state index contributed by atoms with van der Waals surface area (Å²) in [5.41, 5.74) is 0.426. The highest BCUT2D eigenvalue weighted by molar-refractivity contribution is 7.14. The van der Waals surface area contributed by atoms with E-state index < -0.39 is 12.7 Å². The molecule has 0 spiro atoms. The second kappa shape index (κ2) is 5.52. The molecule has 116 valence electrons. The predicted molar refractivity (Wildman–Crippen MR) is 71.2 cm³/mol. The van der Waals surface area contributed by atoms with Crippen molar-refractivity contribution in [2.45, 2.75) is 26.1 Å². The Morgan fingerprint density at radius 3 is 2.86 bits per heavy atom. The van der Waals surface area contributed by atoms with Crippen LogP contribution in [0.3, 0.4) is 0 Å². The summed E-state index contributed by atoms with van der Waals surface area (Å²) in [6.45, 7) is 0.788. The van der Waals surface area contributed by atoms with Crippen LogP contribution in [0.1, 0.15) is 16.5 Å². The van der Waals surface area contributed by atoms with Crippen LogP contribution in [0.4, 0.5) is 13.2 Å². The molecule has 22 heavy (non-hydrogen) atoms. The van der Waals surface area contributed by atoms with Gasteiger partial charge in [0.25, 0.3) is 0 Å². The largest absolute Gasteiger partial charge is 0.408 e. The minimum atomic E-state index is -4.30. The van der Waals surface area contributed by atoms with E-state index in [0.717, 1.165) is 9.56 Å². The first kappa shape index (κ1) is 14.7. The van der Waals surface area contributed by atoms with Crippen LogP contribution in [0.5, 0.6) is 0 Å². The Morgan fingerprint density at radius 2 is 2.18 bits per heavy atom. The lowest BCUT2D eigenvalue weighted by Crippen LogP contribution is -2.18. The molecule has 0 N–H and O–H groups in total. The van der Waals surface area contributed by atoms with E-state index in [2.05, 4.69) is 20.2 Å². The van der Waals surface area contributed by atoms with Crippen LogP contribution >= 0.6 is 11.3 Å². The Morgan fingerprint density at radius 1 is 1.36 bits per heavy atom. The standard InChI is InChI=1S/C12H10F3N5OS/c1-7-5-16-11(22-7)10-17-9(21-19-10)4-8-2-3-20(18-8)6-12(13,14)15/h2-3,5H,4,6H2,1H3. The lowest BCUT2D eigenvalue weighted by atomic mass is 10.3. The molecule has 0 unspecified atom stereocenters. The second-order valence-electron chi connectivity index (χ2n) is 4.58. The first-order chi connectivity index (χ1) is 10.4. The summed E-state index contributed by atoms with van der Waals surface area (Å²) < 4.78 is 42.7. The molecule has 3 heterocycles. The summed E-state index contributed by atoms with van der Waals surface area (Å²) in [5.74, 6) is 0.642. The van der Waals surface area contributed by atoms with Crippen LogP contribution in [0, 0.1) is 6.92 Å². The number of hydrogen-bond donors (Lipinski definition) is 0. The number of aromatic nitrogens is 5. The van der Waals surface area contributed by atoms with Gasteiger partial charge in [-0.1, -0.05) is 5.16 Å². The summed E-state index contributed by atoms with van der Waals surface area (Å²) in [4.78, 5) is 9.33. The van der Waals surface area contributed by atoms with E-state index >= 15 is 0 Å². The van der Waals surface area contributed by atoms with Gasteiger partial charge in [-0.25, -0.2) is 4.98 Å². The third-order valence-electron chi connectivity index (χ3n) is 2.65. The lowest BCUT2D eigenvalue weighted by Gasteiger charge is -2.05. The Bertz CT molecular complexity index is 776. The third kappa shape index (κ3) is 3.50. The van der Waals surface area contributed by atoms with E-state index in [1.54, 1.807) is 6.20 Å². The number of thiazole rings is 1. The summed E-state index contributed by atoms with van der Waals surface area (Å²) in [7, 11) is 0. The van der Waals surface area contributed by atoms with E-state index in [1.807, 2.05) is 6.92 Å². The van der Waals surface area contributed by atoms with Gasteiger partial charge < -0.3 is 4.52 Å². The normalized spacial score (nSPS) is 12.0. The summed E-state index contributed by atoms with van der Waals surface area (Å²) in [6, 6.07) is 1.49. The van der Waals surface area contributed by atoms with E-state index in [9.17, 15) is 13.2 Å². The maximum Gasteiger partial charge on any atom is 0.408 e. The molecule has 0 saturated heterocycles. The average Bonchev–Trinajstić information content (AvgIpc) is 3.10. The molecule has 3 aromatic rings. The molecule has 0 aliphatic rings. The number of halogens is 3. The molecule has 0 saturated carbocycles. The zero-order valence-corrected chi connectivity index (χ0v) is 12.1. The highest BCUT2D eigenvalue weighted by Crippen LogP contribution is 2.22. The smallest absolute Gasteiger partial charge is 0.338 e. The molecule has 0 amide bonds. The van der Waals surface area contributed by atoms with Crippen LogP contribution in [-0.4, -0.2) is 31.1 Å². The molecule has 10 heteroatoms. The fourth-order valence-electron chi connectivity index (χ4n) is 1.80. The van der Waals surface area contributed by atoms with Gasteiger partial charge in [0.2, 0.25) is 11.7 Å². The molecular formula is C12H10F3N5OS. The Hall–Kier alpha value is -2.23. The van der Waals surface area contributed by atoms with Gasteiger partial charge in [-0.2, -0.15) is 23.3 Å². The zero-order valence-electron chi connectivity index (χ0n) is 11.3. The quantitative estimate of drug-likeness (QED) is 0.736. The van der Waals surface area contributed by atoms with Crippen LogP contribution in [0.2, 0.25) is 0 Å². The van der Waals surface area contributed by atoms with E-state index in [4.69, 9.17) is 4.52 Å². The Labute approximate surface area is 126 Å². The van der Waals surface area contributed by atoms with E-state index in [-0.39, 0.29) is 12.3 Å². The number of alkyl halides is 3. The molecule has 0 aliphatic heterocycles. The van der Waals surface area contributed by atoms with Gasteiger partial charge in [0.1, 0.15) is 6.54 Å². The van der Waals surface area contributed by atoms with Crippen molar-refractivity contribution in [3.05, 3.63) is 34.9 Å². The van der Waals surface area contributed by atoms with Crippen LogP contribution in [0.25, 0.3) is 10.8 Å². The second-order valence-corrected chi connectivity index (χ2v) is 5.82. The summed E-state index contributed by atoms with van der Waals surface area (Å²) >= 11 is 1.43. The molecule has 6 nitrogen and oxygen atoms in total. The SMILES string of the molecule is Cc1cnc(-c2noc(Cc3ccn(CC(F)(F)F)n3)n2)s1. The fraction of sp³-hybridized carbons (Fsp3) is 0.333. The minimum Gasteiger partial charge on any atom is -0.338 e. The van der Waals surface area contributed by atoms with Gasteiger partial charge in [-0.05, 0) is 13.0 Å². The van der Waals surface area contributed by atoms with Crippen molar-refractivity contribution in [2.24, 2.45) is 0 Å². The number of aryl methyl sites for hydroxylation is 1. The molecule has 0 radical (unpaired) electrons. The average molecular weight is 329 g/mol. The summed E-state index contributed by atoms with van der Waals surface area (Å²) in [5, 5.41) is 8.28. The van der Waals surface area contributed by atoms with Crippen molar-refractivity contribution in [1.82, 2.24) is 24.9 Å². The monoisotopic (exact) mass is 329 g/mol. The van der Waals surface area contributed by atoms with Crippen molar-refractivity contribution >= 4 is 11.3 Å². The van der Waals surface area contributed by atoms with E-state index in [1.165, 1.54) is 23.6 Å². The van der Waals surface area contributed by atoms with Crippen molar-refractivity contribution < 1.29 is 17.7 Å². The minimum absolute atomic E-state index is 0.169. The Kier molecular flexibility index (Phi) is 3.69. The molecule has 0 bridgehead atoms. The van der Waals surface area contributed by atoms with Gasteiger partial charge in [0.05, 0.1) is 12.1 Å². The van der Waals surface area contributed by atoms with Crippen LogP contribution < -0.4 is 0 Å². The van der Waals surface area contributed by atoms with Crippen molar-refractivity contribution in [1.29, 1.82) is 0 Å². The number of nitrogens with zero attached hydrogens (tertiary/aromatic N) is 5. The summed E-state index contributed by atoms with van der Waals surface area (Å²) in [6.07, 6.45) is -1.16. The maximum atomic E-state index is 12.3. The van der Waals surface area contributed by atoms with Crippen molar-refractivity contribution in [3.8, 4) is 10.8 Å². The highest BCUT2D eigenvalue weighted by atomic mass is 32.1. The van der Waals surface area contributed by atoms with Crippen LogP contribution in [-0.2, 0) is 13.0 Å². The highest BCUT2D eigenvalue weighted by Gasteiger charge is 2.28. The van der Waals surface area contributed by atoms with E-state index in [0.29, 0.717) is 16.5 Å². The maximum absolute atomic E-state index is 12.3. The zero-order chi connectivity index (χ0) is 15.7. The first-order valence-corrected chi connectivity index (χ1v) is 7.05. The van der Waals surface area contributed by atoms with Gasteiger partial charge in [-0.3, -0.25) is 4.68 Å². The fourth-order valence-corrected chi connectivity index (χ4v) is 2.49. The number of rotatable bonds is 4. The molecule has 0 aliphatic carbocycles.